The van der Waals surface area contributed by atoms with Gasteiger partial charge in [-0.25, -0.2) is 0 Å². The molecule has 0 radical (unpaired) electrons. The maximum Gasteiger partial charge on any atom is 0.323 e. The largest absolute Gasteiger partial charge is 0.497 e. The highest BCUT2D eigenvalue weighted by atomic mass is 16.5. The maximum absolute atomic E-state index is 12.2. The molecule has 0 saturated carbocycles. The number of carbonyl (C=O) groups is 2. The molecule has 7 heteroatoms. The Labute approximate surface area is 180 Å². The summed E-state index contributed by atoms with van der Waals surface area (Å²) in [5, 5.41) is 13.6. The molecule has 0 spiro atoms. The molecule has 30 heavy (non-hydrogen) atoms. The molecule has 170 valence electrons. The standard InChI is InChI=1S/C23H37NO6/c1-4-29-22(26)11-9-7-6-8-10-20(23(27)30-5-2)24-17-16-21(25)18-12-14-19(28-3)15-13-18/h12-15,20-21,24-25H,4-11,16-17H2,1-3H3. The summed E-state index contributed by atoms with van der Waals surface area (Å²) in [5.41, 5.74) is 0.812. The van der Waals surface area contributed by atoms with Crippen molar-refractivity contribution < 1.29 is 28.9 Å². The van der Waals surface area contributed by atoms with Gasteiger partial charge in [0.2, 0.25) is 0 Å². The zero-order chi connectivity index (χ0) is 22.2. The average Bonchev–Trinajstić information content (AvgIpc) is 2.75. The highest BCUT2D eigenvalue weighted by Gasteiger charge is 2.19. The van der Waals surface area contributed by atoms with Crippen LogP contribution in [0.5, 0.6) is 5.75 Å². The summed E-state index contributed by atoms with van der Waals surface area (Å²) in [4.78, 5) is 23.6. The molecule has 0 heterocycles. The first-order chi connectivity index (χ1) is 14.5. The van der Waals surface area contributed by atoms with E-state index in [1.165, 1.54) is 0 Å². The van der Waals surface area contributed by atoms with Crippen LogP contribution in [0.3, 0.4) is 0 Å². The molecule has 1 aromatic rings. The minimum Gasteiger partial charge on any atom is -0.497 e. The van der Waals surface area contributed by atoms with Gasteiger partial charge in [-0.15, -0.1) is 0 Å². The van der Waals surface area contributed by atoms with Crippen molar-refractivity contribution in [3.8, 4) is 5.75 Å². The molecule has 0 aliphatic carbocycles. The molecule has 1 aromatic carbocycles. The molecule has 0 aromatic heterocycles. The summed E-state index contributed by atoms with van der Waals surface area (Å²) in [6.07, 6.45) is 4.49. The monoisotopic (exact) mass is 423 g/mol. The first kappa shape index (κ1) is 25.9. The van der Waals surface area contributed by atoms with Gasteiger partial charge in [0.25, 0.3) is 0 Å². The van der Waals surface area contributed by atoms with Crippen molar-refractivity contribution in [2.24, 2.45) is 0 Å². The second kappa shape index (κ2) is 15.7. The van der Waals surface area contributed by atoms with E-state index < -0.39 is 12.1 Å². The summed E-state index contributed by atoms with van der Waals surface area (Å²) in [6, 6.07) is 6.91. The van der Waals surface area contributed by atoms with Crippen LogP contribution >= 0.6 is 0 Å². The predicted octanol–water partition coefficient (Wildman–Crippen LogP) is 3.54. The SMILES string of the molecule is CCOC(=O)CCCCCCC(NCCC(O)c1ccc(OC)cc1)C(=O)OCC. The average molecular weight is 424 g/mol. The number of benzene rings is 1. The Morgan fingerprint density at radius 2 is 1.63 bits per heavy atom. The van der Waals surface area contributed by atoms with Crippen LogP contribution < -0.4 is 10.1 Å². The second-order valence-electron chi connectivity index (χ2n) is 7.09. The third-order valence-electron chi connectivity index (χ3n) is 4.81. The van der Waals surface area contributed by atoms with Gasteiger partial charge in [0.05, 0.1) is 26.4 Å². The molecule has 0 bridgehead atoms. The van der Waals surface area contributed by atoms with Gasteiger partial charge in [0.15, 0.2) is 0 Å². The van der Waals surface area contributed by atoms with Crippen molar-refractivity contribution >= 4 is 11.9 Å². The normalized spacial score (nSPS) is 12.8. The molecule has 0 fully saturated rings. The fourth-order valence-corrected chi connectivity index (χ4v) is 3.14. The fourth-order valence-electron chi connectivity index (χ4n) is 3.14. The molecule has 0 saturated heterocycles. The lowest BCUT2D eigenvalue weighted by Crippen LogP contribution is -2.39. The van der Waals surface area contributed by atoms with Crippen molar-refractivity contribution in [1.29, 1.82) is 0 Å². The van der Waals surface area contributed by atoms with Crippen molar-refractivity contribution in [3.63, 3.8) is 0 Å². The van der Waals surface area contributed by atoms with Crippen LogP contribution in [0, 0.1) is 0 Å². The van der Waals surface area contributed by atoms with Crippen molar-refractivity contribution in [3.05, 3.63) is 29.8 Å². The van der Waals surface area contributed by atoms with Crippen LogP contribution in [-0.4, -0.2) is 50.0 Å². The Hall–Kier alpha value is -2.12. The van der Waals surface area contributed by atoms with Crippen LogP contribution in [0.25, 0.3) is 0 Å². The van der Waals surface area contributed by atoms with Gasteiger partial charge in [-0.05, 0) is 57.4 Å². The van der Waals surface area contributed by atoms with E-state index in [4.69, 9.17) is 14.2 Å². The first-order valence-corrected chi connectivity index (χ1v) is 10.9. The van der Waals surface area contributed by atoms with Crippen LogP contribution in [0.4, 0.5) is 0 Å². The molecule has 7 nitrogen and oxygen atoms in total. The Balaban J connectivity index is 2.35. The third-order valence-corrected chi connectivity index (χ3v) is 4.81. The third kappa shape index (κ3) is 10.6. The Kier molecular flexibility index (Phi) is 13.5. The summed E-state index contributed by atoms with van der Waals surface area (Å²) < 4.78 is 15.2. The molecule has 2 unspecified atom stereocenters. The maximum atomic E-state index is 12.2. The lowest BCUT2D eigenvalue weighted by Gasteiger charge is -2.19. The van der Waals surface area contributed by atoms with Crippen LogP contribution in [-0.2, 0) is 19.1 Å². The van der Waals surface area contributed by atoms with E-state index in [1.807, 2.05) is 24.3 Å². The van der Waals surface area contributed by atoms with E-state index in [-0.39, 0.29) is 11.9 Å². The number of hydrogen-bond donors (Lipinski definition) is 2. The summed E-state index contributed by atoms with van der Waals surface area (Å²) >= 11 is 0. The molecule has 0 aliphatic rings. The van der Waals surface area contributed by atoms with Gasteiger partial charge in [0, 0.05) is 6.42 Å². The number of hydrogen-bond acceptors (Lipinski definition) is 7. The summed E-state index contributed by atoms with van der Waals surface area (Å²) in [6.45, 7) is 4.84. The smallest absolute Gasteiger partial charge is 0.323 e. The quantitative estimate of drug-likeness (QED) is 0.310. The van der Waals surface area contributed by atoms with E-state index >= 15 is 0 Å². The van der Waals surface area contributed by atoms with Gasteiger partial charge in [-0.2, -0.15) is 0 Å². The molecule has 0 aliphatic heterocycles. The molecular formula is C23H37NO6. The van der Waals surface area contributed by atoms with E-state index in [0.717, 1.165) is 37.0 Å². The van der Waals surface area contributed by atoms with Crippen LogP contribution in [0.15, 0.2) is 24.3 Å². The highest BCUT2D eigenvalue weighted by molar-refractivity contribution is 5.75. The summed E-state index contributed by atoms with van der Waals surface area (Å²) in [5.74, 6) is 0.329. The lowest BCUT2D eigenvalue weighted by atomic mass is 10.0. The van der Waals surface area contributed by atoms with E-state index in [1.54, 1.807) is 21.0 Å². The number of nitrogens with one attached hydrogen (secondary N) is 1. The second-order valence-corrected chi connectivity index (χ2v) is 7.09. The number of aliphatic hydroxyl groups excluding tert-OH is 1. The van der Waals surface area contributed by atoms with E-state index in [2.05, 4.69) is 5.32 Å². The predicted molar refractivity (Wildman–Crippen MR) is 115 cm³/mol. The zero-order valence-electron chi connectivity index (χ0n) is 18.5. The fraction of sp³-hybridized carbons (Fsp3) is 0.652. The van der Waals surface area contributed by atoms with Crippen LogP contribution in [0.2, 0.25) is 0 Å². The highest BCUT2D eigenvalue weighted by Crippen LogP contribution is 2.20. The van der Waals surface area contributed by atoms with Crippen LogP contribution in [0.1, 0.15) is 70.5 Å². The summed E-state index contributed by atoms with van der Waals surface area (Å²) in [7, 11) is 1.60. The van der Waals surface area contributed by atoms with Crippen molar-refractivity contribution in [2.45, 2.75) is 70.9 Å². The topological polar surface area (TPSA) is 94.1 Å². The molecule has 1 rings (SSSR count). The van der Waals surface area contributed by atoms with E-state index in [9.17, 15) is 14.7 Å². The number of methoxy groups -OCH3 is 1. The van der Waals surface area contributed by atoms with Gasteiger partial charge < -0.3 is 24.6 Å². The van der Waals surface area contributed by atoms with Gasteiger partial charge in [-0.3, -0.25) is 9.59 Å². The number of esters is 2. The number of rotatable bonds is 16. The number of unbranched alkanes of at least 4 members (excludes halogenated alkanes) is 3. The van der Waals surface area contributed by atoms with Gasteiger partial charge in [0.1, 0.15) is 11.8 Å². The van der Waals surface area contributed by atoms with Gasteiger partial charge in [-0.1, -0.05) is 31.4 Å². The number of ether oxygens (including phenoxy) is 3. The molecule has 0 amide bonds. The minimum absolute atomic E-state index is 0.154. The van der Waals surface area contributed by atoms with Crippen molar-refractivity contribution in [2.75, 3.05) is 26.9 Å². The zero-order valence-corrected chi connectivity index (χ0v) is 18.5. The number of carbonyl (C=O) groups excluding carboxylic acids is 2. The molecule has 2 atom stereocenters. The molecule has 2 N–H and O–H groups in total. The van der Waals surface area contributed by atoms with Gasteiger partial charge >= 0.3 is 11.9 Å². The Morgan fingerprint density at radius 3 is 2.27 bits per heavy atom. The van der Waals surface area contributed by atoms with E-state index in [0.29, 0.717) is 39.0 Å². The number of aliphatic hydroxyl groups is 1. The van der Waals surface area contributed by atoms with Crippen molar-refractivity contribution in [1.82, 2.24) is 5.32 Å². The Morgan fingerprint density at radius 1 is 0.967 bits per heavy atom. The Bertz CT molecular complexity index is 604. The first-order valence-electron chi connectivity index (χ1n) is 10.9. The lowest BCUT2D eigenvalue weighted by molar-refractivity contribution is -0.146. The molecular weight excluding hydrogens is 386 g/mol. The minimum atomic E-state index is -0.617.